The predicted molar refractivity (Wildman–Crippen MR) is 84.3 cm³/mol. The van der Waals surface area contributed by atoms with Gasteiger partial charge in [-0.1, -0.05) is 18.5 Å². The number of hydrogen-bond acceptors (Lipinski definition) is 3. The first kappa shape index (κ1) is 14.1. The average Bonchev–Trinajstić information content (AvgIpc) is 3.07. The molecule has 0 bridgehead atoms. The molecule has 2 aromatic heterocycles. The lowest BCUT2D eigenvalue weighted by molar-refractivity contribution is 0.581. The average molecular weight is 304 g/mol. The molecule has 2 heterocycles. The number of aromatic amines is 1. The molecule has 21 heavy (non-hydrogen) atoms. The maximum absolute atomic E-state index is 6.36. The van der Waals surface area contributed by atoms with Crippen molar-refractivity contribution in [2.75, 3.05) is 0 Å². The van der Waals surface area contributed by atoms with Crippen molar-refractivity contribution in [3.8, 4) is 0 Å². The molecule has 0 saturated heterocycles. The minimum atomic E-state index is -0.178. The van der Waals surface area contributed by atoms with Gasteiger partial charge in [-0.2, -0.15) is 0 Å². The number of hydrogen-bond donors (Lipinski definition) is 2. The highest BCUT2D eigenvalue weighted by molar-refractivity contribution is 6.31. The molecule has 110 valence electrons. The molecule has 3 N–H and O–H groups in total. The molecule has 3 aromatic rings. The van der Waals surface area contributed by atoms with Crippen LogP contribution in [0.15, 0.2) is 30.7 Å². The Morgan fingerprint density at radius 1 is 1.43 bits per heavy atom. The Hall–Kier alpha value is -1.85. The van der Waals surface area contributed by atoms with Gasteiger partial charge in [0.25, 0.3) is 0 Å². The van der Waals surface area contributed by atoms with Gasteiger partial charge in [-0.15, -0.1) is 0 Å². The summed E-state index contributed by atoms with van der Waals surface area (Å²) in [5.41, 5.74) is 9.34. The van der Waals surface area contributed by atoms with Gasteiger partial charge in [0.1, 0.15) is 5.82 Å². The third kappa shape index (κ3) is 2.80. The number of aryl methyl sites for hydroxylation is 1. The van der Waals surface area contributed by atoms with Crippen LogP contribution in [0.4, 0.5) is 0 Å². The molecule has 0 aliphatic carbocycles. The number of halogens is 1. The van der Waals surface area contributed by atoms with Crippen LogP contribution in [0, 0.1) is 0 Å². The number of imidazole rings is 2. The van der Waals surface area contributed by atoms with Crippen LogP contribution in [0.25, 0.3) is 11.0 Å². The Morgan fingerprint density at radius 2 is 2.29 bits per heavy atom. The summed E-state index contributed by atoms with van der Waals surface area (Å²) in [5, 5.41) is 0.692. The molecule has 0 radical (unpaired) electrons. The van der Waals surface area contributed by atoms with E-state index in [-0.39, 0.29) is 6.04 Å². The fraction of sp³-hybridized carbons (Fsp3) is 0.333. The van der Waals surface area contributed by atoms with Crippen LogP contribution in [-0.4, -0.2) is 19.5 Å². The first-order chi connectivity index (χ1) is 10.2. The van der Waals surface area contributed by atoms with Gasteiger partial charge < -0.3 is 15.3 Å². The quantitative estimate of drug-likeness (QED) is 0.761. The Labute approximate surface area is 128 Å². The number of nitrogens with zero attached hydrogens (tertiary/aromatic N) is 3. The van der Waals surface area contributed by atoms with Gasteiger partial charge in [0.05, 0.1) is 23.4 Å². The van der Waals surface area contributed by atoms with Crippen molar-refractivity contribution in [3.63, 3.8) is 0 Å². The van der Waals surface area contributed by atoms with Crippen molar-refractivity contribution in [1.29, 1.82) is 0 Å². The minimum absolute atomic E-state index is 0.178. The third-order valence-electron chi connectivity index (χ3n) is 3.51. The summed E-state index contributed by atoms with van der Waals surface area (Å²) in [7, 11) is 0. The van der Waals surface area contributed by atoms with Crippen molar-refractivity contribution in [3.05, 3.63) is 47.3 Å². The van der Waals surface area contributed by atoms with Gasteiger partial charge in [-0.25, -0.2) is 9.97 Å². The molecule has 6 heteroatoms. The molecule has 1 aromatic carbocycles. The van der Waals surface area contributed by atoms with Gasteiger partial charge >= 0.3 is 0 Å². The van der Waals surface area contributed by atoms with Crippen LogP contribution >= 0.6 is 11.6 Å². The number of nitrogens with one attached hydrogen (secondary N) is 1. The number of rotatable bonds is 5. The zero-order chi connectivity index (χ0) is 14.8. The molecule has 5 nitrogen and oxygen atoms in total. The van der Waals surface area contributed by atoms with E-state index in [1.54, 1.807) is 12.5 Å². The van der Waals surface area contributed by atoms with Crippen LogP contribution in [-0.2, 0) is 13.0 Å². The van der Waals surface area contributed by atoms with Crippen LogP contribution in [0.2, 0.25) is 5.02 Å². The fourth-order valence-corrected chi connectivity index (χ4v) is 2.75. The van der Waals surface area contributed by atoms with Crippen LogP contribution in [0.1, 0.15) is 30.9 Å². The second kappa shape index (κ2) is 5.87. The molecule has 0 aliphatic rings. The van der Waals surface area contributed by atoms with E-state index in [2.05, 4.69) is 21.5 Å². The molecule has 3 rings (SSSR count). The molecule has 0 amide bonds. The van der Waals surface area contributed by atoms with E-state index in [0.29, 0.717) is 11.4 Å². The van der Waals surface area contributed by atoms with Crippen LogP contribution < -0.4 is 5.73 Å². The molecule has 0 aliphatic heterocycles. The maximum Gasteiger partial charge on any atom is 0.127 e. The zero-order valence-corrected chi connectivity index (χ0v) is 12.6. The molecular weight excluding hydrogens is 286 g/mol. The number of H-pyrrole nitrogens is 1. The predicted octanol–water partition coefficient (Wildman–Crippen LogP) is 3.07. The molecule has 1 atom stereocenters. The highest BCUT2D eigenvalue weighted by Gasteiger charge is 2.17. The van der Waals surface area contributed by atoms with Gasteiger partial charge in [-0.05, 0) is 24.6 Å². The maximum atomic E-state index is 6.36. The second-order valence-electron chi connectivity index (χ2n) is 5.14. The zero-order valence-electron chi connectivity index (χ0n) is 11.9. The summed E-state index contributed by atoms with van der Waals surface area (Å²) in [6.07, 6.45) is 5.17. The SMILES string of the molecule is CCCn1c(C(N)Cc2cnc[nH]2)nc2cc(Cl)ccc21. The van der Waals surface area contributed by atoms with Crippen molar-refractivity contribution in [2.24, 2.45) is 5.73 Å². The highest BCUT2D eigenvalue weighted by atomic mass is 35.5. The highest BCUT2D eigenvalue weighted by Crippen LogP contribution is 2.24. The summed E-state index contributed by atoms with van der Waals surface area (Å²) in [5.74, 6) is 0.892. The second-order valence-corrected chi connectivity index (χ2v) is 5.58. The fourth-order valence-electron chi connectivity index (χ4n) is 2.59. The van der Waals surface area contributed by atoms with Gasteiger partial charge in [0, 0.05) is 29.9 Å². The van der Waals surface area contributed by atoms with E-state index >= 15 is 0 Å². The number of benzene rings is 1. The summed E-state index contributed by atoms with van der Waals surface area (Å²) >= 11 is 6.06. The first-order valence-corrected chi connectivity index (χ1v) is 7.45. The molecule has 0 spiro atoms. The number of fused-ring (bicyclic) bond motifs is 1. The number of aromatic nitrogens is 4. The summed E-state index contributed by atoms with van der Waals surface area (Å²) in [6, 6.07) is 5.60. The molecule has 1 unspecified atom stereocenters. The summed E-state index contributed by atoms with van der Waals surface area (Å²) in [4.78, 5) is 11.8. The van der Waals surface area contributed by atoms with E-state index in [0.717, 1.165) is 35.5 Å². The Balaban J connectivity index is 2.01. The topological polar surface area (TPSA) is 72.5 Å². The standard InChI is InChI=1S/C15H18ClN5/c1-2-5-21-14-4-3-10(16)6-13(14)20-15(21)12(17)7-11-8-18-9-19-11/h3-4,6,8-9,12H,2,5,7,17H2,1H3,(H,18,19). The van der Waals surface area contributed by atoms with E-state index < -0.39 is 0 Å². The van der Waals surface area contributed by atoms with Crippen molar-refractivity contribution in [1.82, 2.24) is 19.5 Å². The molecule has 0 fully saturated rings. The van der Waals surface area contributed by atoms with E-state index in [4.69, 9.17) is 22.3 Å². The lowest BCUT2D eigenvalue weighted by Gasteiger charge is -2.13. The molecule has 0 saturated carbocycles. The Bertz CT molecular complexity index is 732. The van der Waals surface area contributed by atoms with Crippen LogP contribution in [0.3, 0.4) is 0 Å². The number of nitrogens with two attached hydrogens (primary N) is 1. The normalized spacial score (nSPS) is 12.9. The molecular formula is C15H18ClN5. The van der Waals surface area contributed by atoms with Crippen LogP contribution in [0.5, 0.6) is 0 Å². The lowest BCUT2D eigenvalue weighted by atomic mass is 10.1. The Morgan fingerprint density at radius 3 is 3.00 bits per heavy atom. The van der Waals surface area contributed by atoms with Gasteiger partial charge in [0.2, 0.25) is 0 Å². The van der Waals surface area contributed by atoms with Gasteiger partial charge in [0.15, 0.2) is 0 Å². The van der Waals surface area contributed by atoms with Gasteiger partial charge in [-0.3, -0.25) is 0 Å². The lowest BCUT2D eigenvalue weighted by Crippen LogP contribution is -2.19. The van der Waals surface area contributed by atoms with E-state index in [9.17, 15) is 0 Å². The van der Waals surface area contributed by atoms with Crippen molar-refractivity contribution >= 4 is 22.6 Å². The van der Waals surface area contributed by atoms with E-state index in [1.807, 2.05) is 18.2 Å². The largest absolute Gasteiger partial charge is 0.348 e. The first-order valence-electron chi connectivity index (χ1n) is 7.07. The van der Waals surface area contributed by atoms with Crippen molar-refractivity contribution in [2.45, 2.75) is 32.4 Å². The minimum Gasteiger partial charge on any atom is -0.348 e. The monoisotopic (exact) mass is 303 g/mol. The van der Waals surface area contributed by atoms with E-state index in [1.165, 1.54) is 0 Å². The smallest absolute Gasteiger partial charge is 0.127 e. The summed E-state index contributed by atoms with van der Waals surface area (Å²) < 4.78 is 2.19. The summed E-state index contributed by atoms with van der Waals surface area (Å²) in [6.45, 7) is 3.04. The third-order valence-corrected chi connectivity index (χ3v) is 3.75. The Kier molecular flexibility index (Phi) is 3.94. The van der Waals surface area contributed by atoms with Crippen molar-refractivity contribution < 1.29 is 0 Å².